The minimum atomic E-state index is 0.0405. The van der Waals surface area contributed by atoms with Gasteiger partial charge in [-0.3, -0.25) is 9.69 Å². The Kier molecular flexibility index (Phi) is 7.30. The van der Waals surface area contributed by atoms with Crippen LogP contribution in [0.1, 0.15) is 27.8 Å². The van der Waals surface area contributed by atoms with Crippen LogP contribution >= 0.6 is 11.8 Å². The number of nitrogens with zero attached hydrogens (tertiary/aromatic N) is 1. The quantitative estimate of drug-likeness (QED) is 0.704. The van der Waals surface area contributed by atoms with Gasteiger partial charge in [-0.2, -0.15) is 0 Å². The first-order chi connectivity index (χ1) is 12.3. The van der Waals surface area contributed by atoms with Crippen molar-refractivity contribution in [3.05, 3.63) is 58.1 Å². The summed E-state index contributed by atoms with van der Waals surface area (Å²) in [5, 5.41) is 3.07. The zero-order valence-electron chi connectivity index (χ0n) is 16.8. The third-order valence-electron chi connectivity index (χ3n) is 4.58. The largest absolute Gasteiger partial charge is 0.324 e. The molecule has 1 amide bonds. The van der Waals surface area contributed by atoms with Crippen LogP contribution in [0.2, 0.25) is 0 Å². The lowest BCUT2D eigenvalue weighted by molar-refractivity contribution is -0.117. The molecule has 0 radical (unpaired) electrons. The summed E-state index contributed by atoms with van der Waals surface area (Å²) in [6.45, 7) is 11.7. The van der Waals surface area contributed by atoms with Gasteiger partial charge in [0.15, 0.2) is 0 Å². The monoisotopic (exact) mass is 370 g/mol. The van der Waals surface area contributed by atoms with Crippen molar-refractivity contribution in [3.63, 3.8) is 0 Å². The van der Waals surface area contributed by atoms with E-state index in [0.717, 1.165) is 29.1 Å². The number of thioether (sulfide) groups is 1. The molecular weight excluding hydrogens is 340 g/mol. The highest BCUT2D eigenvalue weighted by molar-refractivity contribution is 7.99. The summed E-state index contributed by atoms with van der Waals surface area (Å²) in [6.07, 6.45) is 0. The van der Waals surface area contributed by atoms with E-state index in [1.807, 2.05) is 32.7 Å². The lowest BCUT2D eigenvalue weighted by atomic mass is 10.1. The molecule has 0 fully saturated rings. The van der Waals surface area contributed by atoms with Crippen molar-refractivity contribution in [1.29, 1.82) is 0 Å². The number of carbonyl (C=O) groups is 1. The van der Waals surface area contributed by atoms with E-state index in [4.69, 9.17) is 0 Å². The number of nitrogens with one attached hydrogen (secondary N) is 1. The Morgan fingerprint density at radius 2 is 1.62 bits per heavy atom. The van der Waals surface area contributed by atoms with Crippen LogP contribution < -0.4 is 5.32 Å². The zero-order chi connectivity index (χ0) is 19.3. The highest BCUT2D eigenvalue weighted by Crippen LogP contribution is 2.22. The molecule has 2 aromatic rings. The maximum Gasteiger partial charge on any atom is 0.238 e. The van der Waals surface area contributed by atoms with Gasteiger partial charge in [0.1, 0.15) is 0 Å². The second-order valence-corrected chi connectivity index (χ2v) is 8.32. The van der Waals surface area contributed by atoms with E-state index in [9.17, 15) is 4.79 Å². The minimum absolute atomic E-state index is 0.0405. The molecule has 0 bridgehead atoms. The first-order valence-electron chi connectivity index (χ1n) is 9.02. The van der Waals surface area contributed by atoms with Crippen LogP contribution in [-0.2, 0) is 4.79 Å². The Morgan fingerprint density at radius 1 is 0.962 bits per heavy atom. The third kappa shape index (κ3) is 5.89. The molecular formula is C22H30N2OS. The lowest BCUT2D eigenvalue weighted by Gasteiger charge is -2.18. The zero-order valence-corrected chi connectivity index (χ0v) is 17.6. The molecule has 0 aliphatic carbocycles. The molecule has 3 nitrogen and oxygen atoms in total. The Morgan fingerprint density at radius 3 is 2.23 bits per heavy atom. The molecule has 1 N–H and O–H groups in total. The topological polar surface area (TPSA) is 32.3 Å². The van der Waals surface area contributed by atoms with E-state index in [-0.39, 0.29) is 5.91 Å². The number of carbonyl (C=O) groups excluding carboxylic acids is 1. The number of likely N-dealkylation sites (N-methyl/N-ethyl adjacent to an activating group) is 1. The molecule has 0 spiro atoms. The Labute approximate surface area is 162 Å². The normalized spacial score (nSPS) is 11.0. The fourth-order valence-electron chi connectivity index (χ4n) is 3.00. The van der Waals surface area contributed by atoms with Gasteiger partial charge >= 0.3 is 0 Å². The number of benzene rings is 2. The van der Waals surface area contributed by atoms with Gasteiger partial charge in [-0.1, -0.05) is 23.8 Å². The van der Waals surface area contributed by atoms with Gasteiger partial charge < -0.3 is 5.32 Å². The number of amides is 1. The molecule has 4 heteroatoms. The van der Waals surface area contributed by atoms with Gasteiger partial charge in [0.05, 0.1) is 6.54 Å². The van der Waals surface area contributed by atoms with Gasteiger partial charge in [0.2, 0.25) is 5.91 Å². The van der Waals surface area contributed by atoms with Gasteiger partial charge in [-0.15, -0.1) is 11.8 Å². The molecule has 0 saturated carbocycles. The van der Waals surface area contributed by atoms with Gasteiger partial charge in [0, 0.05) is 22.9 Å². The Bertz CT molecular complexity index is 763. The summed E-state index contributed by atoms with van der Waals surface area (Å²) in [6, 6.07) is 10.8. The Balaban J connectivity index is 1.81. The molecule has 0 aliphatic rings. The molecule has 0 aromatic heterocycles. The number of rotatable bonds is 7. The van der Waals surface area contributed by atoms with Crippen LogP contribution in [0.4, 0.5) is 5.69 Å². The van der Waals surface area contributed by atoms with Crippen LogP contribution in [-0.4, -0.2) is 36.7 Å². The predicted molar refractivity (Wildman–Crippen MR) is 113 cm³/mol. The number of aryl methyl sites for hydroxylation is 5. The summed E-state index contributed by atoms with van der Waals surface area (Å²) >= 11 is 1.84. The molecule has 0 aliphatic heterocycles. The molecule has 0 heterocycles. The van der Waals surface area contributed by atoms with Gasteiger partial charge in [-0.05, 0) is 76.1 Å². The van der Waals surface area contributed by atoms with E-state index in [0.29, 0.717) is 6.54 Å². The van der Waals surface area contributed by atoms with Crippen molar-refractivity contribution in [1.82, 2.24) is 4.90 Å². The summed E-state index contributed by atoms with van der Waals surface area (Å²) in [4.78, 5) is 15.7. The van der Waals surface area contributed by atoms with Gasteiger partial charge in [0.25, 0.3) is 0 Å². The first-order valence-corrected chi connectivity index (χ1v) is 10.0. The molecule has 2 rings (SSSR count). The van der Waals surface area contributed by atoms with E-state index in [2.05, 4.69) is 61.3 Å². The minimum Gasteiger partial charge on any atom is -0.324 e. The molecule has 0 atom stereocenters. The van der Waals surface area contributed by atoms with Crippen molar-refractivity contribution in [2.45, 2.75) is 39.5 Å². The van der Waals surface area contributed by atoms with E-state index in [1.54, 1.807) is 0 Å². The average molecular weight is 371 g/mol. The third-order valence-corrected chi connectivity index (χ3v) is 5.55. The number of hydrogen-bond donors (Lipinski definition) is 1. The van der Waals surface area contributed by atoms with Crippen LogP contribution in [0, 0.1) is 34.6 Å². The van der Waals surface area contributed by atoms with Gasteiger partial charge in [-0.25, -0.2) is 0 Å². The van der Waals surface area contributed by atoms with E-state index in [1.165, 1.54) is 21.6 Å². The fourth-order valence-corrected chi connectivity index (χ4v) is 4.07. The molecule has 140 valence electrons. The second kappa shape index (κ2) is 9.24. The average Bonchev–Trinajstić information content (AvgIpc) is 2.54. The molecule has 26 heavy (non-hydrogen) atoms. The SMILES string of the molecule is Cc1cc(C)c(NC(=O)CN(C)CCSc2ccc(C)c(C)c2)c(C)c1. The summed E-state index contributed by atoms with van der Waals surface area (Å²) in [7, 11) is 2.00. The molecule has 0 saturated heterocycles. The smallest absolute Gasteiger partial charge is 0.238 e. The van der Waals surface area contributed by atoms with Crippen LogP contribution in [0.25, 0.3) is 0 Å². The highest BCUT2D eigenvalue weighted by atomic mass is 32.2. The first kappa shape index (κ1) is 20.5. The van der Waals surface area contributed by atoms with Crippen LogP contribution in [0.5, 0.6) is 0 Å². The maximum atomic E-state index is 12.4. The summed E-state index contributed by atoms with van der Waals surface area (Å²) < 4.78 is 0. The Hall–Kier alpha value is -1.78. The standard InChI is InChI=1S/C22H30N2OS/c1-15-11-18(4)22(19(5)12-15)23-21(25)14-24(6)9-10-26-20-8-7-16(2)17(3)13-20/h7-8,11-13H,9-10,14H2,1-6H3,(H,23,25). The lowest BCUT2D eigenvalue weighted by Crippen LogP contribution is -2.32. The molecule has 0 unspecified atom stereocenters. The van der Waals surface area contributed by atoms with E-state index < -0.39 is 0 Å². The highest BCUT2D eigenvalue weighted by Gasteiger charge is 2.11. The van der Waals surface area contributed by atoms with E-state index >= 15 is 0 Å². The van der Waals surface area contributed by atoms with Crippen LogP contribution in [0.3, 0.4) is 0 Å². The predicted octanol–water partition coefficient (Wildman–Crippen LogP) is 4.89. The van der Waals surface area contributed by atoms with Crippen LogP contribution in [0.15, 0.2) is 35.2 Å². The van der Waals surface area contributed by atoms with Crippen molar-refractivity contribution >= 4 is 23.4 Å². The van der Waals surface area contributed by atoms with Crippen molar-refractivity contribution in [3.8, 4) is 0 Å². The summed E-state index contributed by atoms with van der Waals surface area (Å²) in [5.74, 6) is 1.01. The summed E-state index contributed by atoms with van der Waals surface area (Å²) in [5.41, 5.74) is 7.04. The number of hydrogen-bond acceptors (Lipinski definition) is 3. The van der Waals surface area contributed by atoms with Crippen molar-refractivity contribution < 1.29 is 4.79 Å². The fraction of sp³-hybridized carbons (Fsp3) is 0.409. The second-order valence-electron chi connectivity index (χ2n) is 7.15. The molecule has 2 aromatic carbocycles. The van der Waals surface area contributed by atoms with Crippen molar-refractivity contribution in [2.75, 3.05) is 31.2 Å². The van der Waals surface area contributed by atoms with Crippen molar-refractivity contribution in [2.24, 2.45) is 0 Å². The maximum absolute atomic E-state index is 12.4. The number of anilines is 1.